The number of halogens is 1. The molecule has 7 nitrogen and oxygen atoms in total. The Balaban J connectivity index is 1.63. The molecule has 1 N–H and O–H groups in total. The molecule has 1 aliphatic heterocycles. The minimum Gasteiger partial charge on any atom is -0.347 e. The summed E-state index contributed by atoms with van der Waals surface area (Å²) in [6, 6.07) is 7.36. The fourth-order valence-corrected chi connectivity index (χ4v) is 3.87. The van der Waals surface area contributed by atoms with E-state index in [4.69, 9.17) is 0 Å². The van der Waals surface area contributed by atoms with Gasteiger partial charge in [0.2, 0.25) is 10.1 Å². The Morgan fingerprint density at radius 2 is 2.04 bits per heavy atom. The van der Waals surface area contributed by atoms with E-state index >= 15 is 0 Å². The highest BCUT2D eigenvalue weighted by Gasteiger charge is 2.20. The van der Waals surface area contributed by atoms with Crippen molar-refractivity contribution in [1.82, 2.24) is 19.9 Å². The SMILES string of the molecule is O=C(NCc1ccccc1F)c1cc(=O)nc2sc(N3CCCC3)nn12. The standard InChI is InChI=1S/C17H16FN5O2S/c18-12-6-2-1-5-11(12)10-19-15(25)13-9-14(24)20-16-23(13)21-17(26-16)22-7-3-4-8-22/h1-2,5-6,9H,3-4,7-8,10H2,(H,19,25). The minimum atomic E-state index is -0.502. The summed E-state index contributed by atoms with van der Waals surface area (Å²) in [5, 5.41) is 7.83. The average Bonchev–Trinajstić information content (AvgIpc) is 3.29. The normalized spacial score (nSPS) is 14.1. The molecule has 2 aromatic heterocycles. The summed E-state index contributed by atoms with van der Waals surface area (Å²) in [7, 11) is 0. The van der Waals surface area contributed by atoms with Crippen LogP contribution in [0.2, 0.25) is 0 Å². The fraction of sp³-hybridized carbons (Fsp3) is 0.294. The number of amides is 1. The second kappa shape index (κ2) is 6.83. The minimum absolute atomic E-state index is 0.0210. The van der Waals surface area contributed by atoms with Crippen LogP contribution in [0.4, 0.5) is 9.52 Å². The van der Waals surface area contributed by atoms with Gasteiger partial charge in [0.1, 0.15) is 11.5 Å². The molecule has 3 heterocycles. The van der Waals surface area contributed by atoms with Crippen LogP contribution in [-0.2, 0) is 6.54 Å². The van der Waals surface area contributed by atoms with Gasteiger partial charge in [0.25, 0.3) is 11.5 Å². The highest BCUT2D eigenvalue weighted by Crippen LogP contribution is 2.25. The number of benzene rings is 1. The van der Waals surface area contributed by atoms with Crippen molar-refractivity contribution in [3.8, 4) is 0 Å². The van der Waals surface area contributed by atoms with Crippen molar-refractivity contribution >= 4 is 27.3 Å². The monoisotopic (exact) mass is 373 g/mol. The van der Waals surface area contributed by atoms with Crippen molar-refractivity contribution in [1.29, 1.82) is 0 Å². The Hall–Kier alpha value is -2.81. The molecule has 1 aromatic carbocycles. The van der Waals surface area contributed by atoms with Crippen LogP contribution in [0.5, 0.6) is 0 Å². The zero-order valence-electron chi connectivity index (χ0n) is 13.8. The molecular weight excluding hydrogens is 357 g/mol. The Kier molecular flexibility index (Phi) is 4.37. The van der Waals surface area contributed by atoms with Crippen LogP contribution < -0.4 is 15.8 Å². The van der Waals surface area contributed by atoms with Gasteiger partial charge in [-0.1, -0.05) is 29.5 Å². The summed E-state index contributed by atoms with van der Waals surface area (Å²) < 4.78 is 15.1. The van der Waals surface area contributed by atoms with Crippen LogP contribution in [-0.4, -0.2) is 33.6 Å². The summed E-state index contributed by atoms with van der Waals surface area (Å²) in [6.07, 6.45) is 2.19. The Labute approximate surface area is 152 Å². The molecule has 0 spiro atoms. The van der Waals surface area contributed by atoms with Gasteiger partial charge < -0.3 is 10.2 Å². The van der Waals surface area contributed by atoms with E-state index in [1.807, 2.05) is 0 Å². The van der Waals surface area contributed by atoms with Crippen LogP contribution in [0.1, 0.15) is 28.9 Å². The molecule has 1 fully saturated rings. The summed E-state index contributed by atoms with van der Waals surface area (Å²) in [5.41, 5.74) is -0.0368. The maximum absolute atomic E-state index is 13.7. The molecule has 0 bridgehead atoms. The third-order valence-electron chi connectivity index (χ3n) is 4.25. The van der Waals surface area contributed by atoms with Gasteiger partial charge in [-0.3, -0.25) is 9.59 Å². The fourth-order valence-electron chi connectivity index (χ4n) is 2.91. The predicted octanol–water partition coefficient (Wildman–Crippen LogP) is 1.82. The molecule has 1 saturated heterocycles. The van der Waals surface area contributed by atoms with E-state index in [1.54, 1.807) is 18.2 Å². The van der Waals surface area contributed by atoms with E-state index < -0.39 is 17.3 Å². The van der Waals surface area contributed by atoms with E-state index in [2.05, 4.69) is 20.3 Å². The highest BCUT2D eigenvalue weighted by molar-refractivity contribution is 7.20. The van der Waals surface area contributed by atoms with Gasteiger partial charge in [-0.2, -0.15) is 9.50 Å². The number of rotatable bonds is 4. The lowest BCUT2D eigenvalue weighted by atomic mass is 10.2. The number of hydrogen-bond acceptors (Lipinski definition) is 6. The quantitative estimate of drug-likeness (QED) is 0.755. The first-order valence-electron chi connectivity index (χ1n) is 8.29. The average molecular weight is 373 g/mol. The number of nitrogens with zero attached hydrogens (tertiary/aromatic N) is 4. The van der Waals surface area contributed by atoms with Gasteiger partial charge in [-0.15, -0.1) is 5.10 Å². The number of nitrogens with one attached hydrogen (secondary N) is 1. The summed E-state index contributed by atoms with van der Waals surface area (Å²) in [4.78, 5) is 30.9. The molecule has 0 atom stereocenters. The van der Waals surface area contributed by atoms with Gasteiger partial charge >= 0.3 is 0 Å². The van der Waals surface area contributed by atoms with Crippen molar-refractivity contribution in [2.24, 2.45) is 0 Å². The molecule has 134 valence electrons. The summed E-state index contributed by atoms with van der Waals surface area (Å²) in [5.74, 6) is -0.893. The van der Waals surface area contributed by atoms with Crippen molar-refractivity contribution in [3.05, 3.63) is 57.8 Å². The molecule has 9 heteroatoms. The molecule has 0 unspecified atom stereocenters. The maximum atomic E-state index is 13.7. The molecule has 0 aliphatic carbocycles. The van der Waals surface area contributed by atoms with Gasteiger partial charge in [-0.05, 0) is 18.9 Å². The third-order valence-corrected chi connectivity index (χ3v) is 5.22. The van der Waals surface area contributed by atoms with E-state index in [0.29, 0.717) is 10.5 Å². The number of fused-ring (bicyclic) bond motifs is 1. The lowest BCUT2D eigenvalue weighted by Crippen LogP contribution is -2.28. The topological polar surface area (TPSA) is 79.6 Å². The van der Waals surface area contributed by atoms with Crippen LogP contribution >= 0.6 is 11.3 Å². The molecule has 1 amide bonds. The first-order valence-corrected chi connectivity index (χ1v) is 9.11. The number of anilines is 1. The second-order valence-corrected chi connectivity index (χ2v) is 6.96. The molecule has 0 saturated carbocycles. The van der Waals surface area contributed by atoms with Gasteiger partial charge in [0.15, 0.2) is 0 Å². The van der Waals surface area contributed by atoms with E-state index in [9.17, 15) is 14.0 Å². The molecule has 3 aromatic rings. The first-order chi connectivity index (χ1) is 12.6. The Bertz CT molecular complexity index is 1030. The number of aromatic nitrogens is 3. The number of hydrogen-bond donors (Lipinski definition) is 1. The molecule has 1 aliphatic rings. The Morgan fingerprint density at radius 1 is 1.27 bits per heavy atom. The van der Waals surface area contributed by atoms with Crippen molar-refractivity contribution in [3.63, 3.8) is 0 Å². The molecule has 26 heavy (non-hydrogen) atoms. The van der Waals surface area contributed by atoms with Gasteiger partial charge in [0, 0.05) is 31.3 Å². The van der Waals surface area contributed by atoms with E-state index in [0.717, 1.165) is 37.1 Å². The highest BCUT2D eigenvalue weighted by atomic mass is 32.1. The first kappa shape index (κ1) is 16.6. The van der Waals surface area contributed by atoms with Crippen molar-refractivity contribution < 1.29 is 9.18 Å². The zero-order chi connectivity index (χ0) is 18.1. The zero-order valence-corrected chi connectivity index (χ0v) is 14.6. The number of carbonyl (C=O) groups is 1. The van der Waals surface area contributed by atoms with E-state index in [1.165, 1.54) is 21.9 Å². The smallest absolute Gasteiger partial charge is 0.274 e. The van der Waals surface area contributed by atoms with Crippen LogP contribution in [0.15, 0.2) is 35.1 Å². The van der Waals surface area contributed by atoms with Gasteiger partial charge in [0.05, 0.1) is 0 Å². The lowest BCUT2D eigenvalue weighted by molar-refractivity contribution is 0.0943. The maximum Gasteiger partial charge on any atom is 0.274 e. The number of carbonyl (C=O) groups excluding carboxylic acids is 1. The van der Waals surface area contributed by atoms with Crippen molar-refractivity contribution in [2.75, 3.05) is 18.0 Å². The van der Waals surface area contributed by atoms with Crippen LogP contribution in [0.3, 0.4) is 0 Å². The Morgan fingerprint density at radius 3 is 2.81 bits per heavy atom. The van der Waals surface area contributed by atoms with E-state index in [-0.39, 0.29) is 12.2 Å². The molecule has 4 rings (SSSR count). The molecule has 0 radical (unpaired) electrons. The summed E-state index contributed by atoms with van der Waals surface area (Å²) in [6.45, 7) is 1.83. The largest absolute Gasteiger partial charge is 0.347 e. The second-order valence-electron chi connectivity index (χ2n) is 6.03. The lowest BCUT2D eigenvalue weighted by Gasteiger charge is -2.11. The molecular formula is C17H16FN5O2S. The summed E-state index contributed by atoms with van der Waals surface area (Å²) >= 11 is 1.28. The van der Waals surface area contributed by atoms with Crippen LogP contribution in [0.25, 0.3) is 4.96 Å². The van der Waals surface area contributed by atoms with Crippen molar-refractivity contribution in [2.45, 2.75) is 19.4 Å². The third kappa shape index (κ3) is 3.17. The van der Waals surface area contributed by atoms with Crippen LogP contribution in [0, 0.1) is 5.82 Å². The predicted molar refractivity (Wildman–Crippen MR) is 96.2 cm³/mol. The van der Waals surface area contributed by atoms with Gasteiger partial charge in [-0.25, -0.2) is 4.39 Å².